The molecule has 356 valence electrons. The van der Waals surface area contributed by atoms with Gasteiger partial charge in [-0.2, -0.15) is 0 Å². The van der Waals surface area contributed by atoms with E-state index < -0.39 is 13.9 Å². The molecule has 0 saturated heterocycles. The van der Waals surface area contributed by atoms with Crippen LogP contribution in [-0.2, 0) is 61.3 Å². The Hall–Kier alpha value is -2.55. The molecule has 2 rings (SSSR count). The lowest BCUT2D eigenvalue weighted by Crippen LogP contribution is -2.66. The first-order chi connectivity index (χ1) is 30.0. The molecular weight excluding hydrogens is 819 g/mol. The molecule has 0 aliphatic heterocycles. The Morgan fingerprint density at radius 3 is 0.935 bits per heavy atom. The largest absolute Gasteiger partial charge is 0.444 e. The monoisotopic (exact) mass is 898 g/mol. The summed E-state index contributed by atoms with van der Waals surface area (Å²) < 4.78 is 73.4. The van der Waals surface area contributed by atoms with E-state index >= 15 is 0 Å². The van der Waals surface area contributed by atoms with Crippen LogP contribution >= 0.6 is 0 Å². The second-order valence-corrected chi connectivity index (χ2v) is 20.5. The lowest BCUT2D eigenvalue weighted by Gasteiger charge is -2.43. The molecule has 0 aromatic heterocycles. The lowest BCUT2D eigenvalue weighted by molar-refractivity contribution is -0.0279. The van der Waals surface area contributed by atoms with Gasteiger partial charge >= 0.3 is 6.09 Å². The highest BCUT2D eigenvalue weighted by atomic mass is 28.4. The number of hydrogen-bond donors (Lipinski definition) is 0. The van der Waals surface area contributed by atoms with E-state index in [9.17, 15) is 4.79 Å². The van der Waals surface area contributed by atoms with Crippen molar-refractivity contribution >= 4 is 24.8 Å². The standard InChI is InChI=1S/C46H79NO14Si/c1-45(2,3)61-44(48)47(7)18-19-49-20-21-50-22-23-51-24-25-52-26-27-53-28-29-54-30-31-55-32-33-56-34-35-57-36-37-58-38-39-59-40-41-60-62(46(4,5)6,42-14-10-8-11-15-42)43-16-12-9-13-17-43/h8-17H,18-41H2,1-7H3. The first kappa shape index (κ1) is 55.6. The van der Waals surface area contributed by atoms with Crippen molar-refractivity contribution in [3.05, 3.63) is 60.7 Å². The maximum absolute atomic E-state index is 11.9. The molecule has 0 spiro atoms. The molecule has 62 heavy (non-hydrogen) atoms. The number of carbonyl (C=O) groups is 1. The van der Waals surface area contributed by atoms with Gasteiger partial charge in [0.05, 0.1) is 152 Å². The van der Waals surface area contributed by atoms with Crippen LogP contribution in [0, 0.1) is 0 Å². The van der Waals surface area contributed by atoms with Crippen LogP contribution in [0.2, 0.25) is 5.04 Å². The van der Waals surface area contributed by atoms with Crippen LogP contribution in [-0.4, -0.2) is 190 Å². The van der Waals surface area contributed by atoms with Gasteiger partial charge in [0.15, 0.2) is 0 Å². The molecule has 0 aliphatic carbocycles. The van der Waals surface area contributed by atoms with Crippen LogP contribution in [0.1, 0.15) is 41.5 Å². The Morgan fingerprint density at radius 1 is 0.419 bits per heavy atom. The van der Waals surface area contributed by atoms with Crippen LogP contribution in [0.5, 0.6) is 0 Å². The summed E-state index contributed by atoms with van der Waals surface area (Å²) in [5.74, 6) is 0. The zero-order valence-electron chi connectivity index (χ0n) is 38.9. The molecule has 2 aromatic rings. The predicted molar refractivity (Wildman–Crippen MR) is 241 cm³/mol. The van der Waals surface area contributed by atoms with Gasteiger partial charge in [-0.25, -0.2) is 4.79 Å². The minimum Gasteiger partial charge on any atom is -0.444 e. The van der Waals surface area contributed by atoms with Gasteiger partial charge in [-0.1, -0.05) is 81.4 Å². The van der Waals surface area contributed by atoms with Gasteiger partial charge in [0.1, 0.15) is 5.60 Å². The molecule has 0 atom stereocenters. The van der Waals surface area contributed by atoms with Crippen LogP contribution in [0.4, 0.5) is 4.79 Å². The van der Waals surface area contributed by atoms with E-state index in [1.165, 1.54) is 15.3 Å². The summed E-state index contributed by atoms with van der Waals surface area (Å²) in [7, 11) is -0.865. The van der Waals surface area contributed by atoms with Gasteiger partial charge < -0.3 is 66.2 Å². The molecule has 0 unspecified atom stereocenters. The summed E-state index contributed by atoms with van der Waals surface area (Å²) in [6, 6.07) is 21.3. The Balaban J connectivity index is 1.26. The highest BCUT2D eigenvalue weighted by Gasteiger charge is 2.50. The molecular formula is C46H79NO14Si. The third kappa shape index (κ3) is 26.3. The molecule has 15 nitrogen and oxygen atoms in total. The zero-order chi connectivity index (χ0) is 45.0. The van der Waals surface area contributed by atoms with Gasteiger partial charge in [0.25, 0.3) is 8.32 Å². The van der Waals surface area contributed by atoms with E-state index in [1.807, 2.05) is 20.8 Å². The van der Waals surface area contributed by atoms with Crippen LogP contribution < -0.4 is 10.4 Å². The molecule has 1 amide bonds. The number of ether oxygens (including phenoxy) is 12. The van der Waals surface area contributed by atoms with E-state index in [1.54, 1.807) is 7.05 Å². The predicted octanol–water partition coefficient (Wildman–Crippen LogP) is 4.61. The number of nitrogens with zero attached hydrogens (tertiary/aromatic N) is 1. The van der Waals surface area contributed by atoms with E-state index in [4.69, 9.17) is 61.3 Å². The second kappa shape index (κ2) is 34.8. The number of carbonyl (C=O) groups excluding carboxylic acids is 1. The molecule has 0 radical (unpaired) electrons. The van der Waals surface area contributed by atoms with E-state index in [0.29, 0.717) is 159 Å². The summed E-state index contributed by atoms with van der Waals surface area (Å²) in [5.41, 5.74) is -0.514. The molecule has 0 aliphatic rings. The molecule has 0 saturated carbocycles. The maximum Gasteiger partial charge on any atom is 0.410 e. The Morgan fingerprint density at radius 2 is 0.677 bits per heavy atom. The third-order valence-electron chi connectivity index (χ3n) is 8.96. The Bertz CT molecular complexity index is 1290. The fraction of sp³-hybridized carbons (Fsp3) is 0.717. The molecule has 0 N–H and O–H groups in total. The van der Waals surface area contributed by atoms with Crippen molar-refractivity contribution in [2.24, 2.45) is 0 Å². The van der Waals surface area contributed by atoms with Crippen molar-refractivity contribution in [2.75, 3.05) is 166 Å². The molecule has 0 heterocycles. The molecule has 16 heteroatoms. The van der Waals surface area contributed by atoms with Gasteiger partial charge in [0.2, 0.25) is 0 Å². The Labute approximate surface area is 373 Å². The quantitative estimate of drug-likeness (QED) is 0.0682. The first-order valence-electron chi connectivity index (χ1n) is 22.0. The SMILES string of the molecule is CN(CCOCCOCCOCCOCCOCCOCCOCCOCCOCCOCCOCCO[Si](c1ccccc1)(c1ccccc1)C(C)(C)C)C(=O)OC(C)(C)C. The zero-order valence-corrected chi connectivity index (χ0v) is 39.9. The van der Waals surface area contributed by atoms with Crippen LogP contribution in [0.15, 0.2) is 60.7 Å². The summed E-state index contributed by atoms with van der Waals surface area (Å²) in [4.78, 5) is 13.4. The number of hydrogen-bond acceptors (Lipinski definition) is 14. The third-order valence-corrected chi connectivity index (χ3v) is 14.0. The highest BCUT2D eigenvalue weighted by molar-refractivity contribution is 6.99. The second-order valence-electron chi connectivity index (χ2n) is 16.1. The van der Waals surface area contributed by atoms with E-state index in [0.717, 1.165) is 0 Å². The van der Waals surface area contributed by atoms with Crippen molar-refractivity contribution in [3.8, 4) is 0 Å². The number of benzene rings is 2. The average Bonchev–Trinajstić information content (AvgIpc) is 3.24. The van der Waals surface area contributed by atoms with E-state index in [2.05, 4.69) is 81.4 Å². The van der Waals surface area contributed by atoms with Crippen molar-refractivity contribution in [3.63, 3.8) is 0 Å². The summed E-state index contributed by atoms with van der Waals surface area (Å²) in [6.07, 6.45) is -0.366. The van der Waals surface area contributed by atoms with Crippen molar-refractivity contribution in [1.29, 1.82) is 0 Å². The Kier molecular flexibility index (Phi) is 31.2. The smallest absolute Gasteiger partial charge is 0.410 e. The topological polar surface area (TPSA) is 140 Å². The molecule has 0 fully saturated rings. The van der Waals surface area contributed by atoms with Crippen LogP contribution in [0.3, 0.4) is 0 Å². The van der Waals surface area contributed by atoms with Crippen molar-refractivity contribution < 1.29 is 66.1 Å². The average molecular weight is 898 g/mol. The lowest BCUT2D eigenvalue weighted by atomic mass is 10.2. The molecule has 0 bridgehead atoms. The van der Waals surface area contributed by atoms with Crippen LogP contribution in [0.25, 0.3) is 0 Å². The highest BCUT2D eigenvalue weighted by Crippen LogP contribution is 2.36. The summed E-state index contributed by atoms with van der Waals surface area (Å²) in [6.45, 7) is 23.9. The minimum absolute atomic E-state index is 0.0626. The number of likely N-dealkylation sites (N-methyl/N-ethyl adjacent to an activating group) is 1. The summed E-state index contributed by atoms with van der Waals surface area (Å²) >= 11 is 0. The van der Waals surface area contributed by atoms with Gasteiger partial charge in [0, 0.05) is 13.6 Å². The fourth-order valence-corrected chi connectivity index (χ4v) is 10.5. The normalized spacial score (nSPS) is 12.2. The first-order valence-corrected chi connectivity index (χ1v) is 23.9. The van der Waals surface area contributed by atoms with Gasteiger partial charge in [-0.3, -0.25) is 0 Å². The van der Waals surface area contributed by atoms with Crippen molar-refractivity contribution in [2.45, 2.75) is 52.2 Å². The van der Waals surface area contributed by atoms with Gasteiger partial charge in [-0.05, 0) is 36.2 Å². The van der Waals surface area contributed by atoms with E-state index in [-0.39, 0.29) is 11.1 Å². The fourth-order valence-electron chi connectivity index (χ4n) is 5.95. The summed E-state index contributed by atoms with van der Waals surface area (Å²) in [5, 5.41) is 2.46. The van der Waals surface area contributed by atoms with Gasteiger partial charge in [-0.15, -0.1) is 0 Å². The number of amides is 1. The minimum atomic E-state index is -2.55. The maximum atomic E-state index is 11.9. The molecule has 2 aromatic carbocycles. The number of rotatable bonds is 39. The van der Waals surface area contributed by atoms with Crippen molar-refractivity contribution in [1.82, 2.24) is 4.90 Å².